The van der Waals surface area contributed by atoms with Gasteiger partial charge in [0.25, 0.3) is 5.56 Å². The van der Waals surface area contributed by atoms with E-state index >= 15 is 0 Å². The van der Waals surface area contributed by atoms with Crippen molar-refractivity contribution >= 4 is 28.4 Å². The highest BCUT2D eigenvalue weighted by Crippen LogP contribution is 2.24. The number of fused-ring (bicyclic) bond motifs is 1. The molecule has 0 radical (unpaired) electrons. The van der Waals surface area contributed by atoms with Crippen LogP contribution in [-0.2, 0) is 0 Å². The predicted octanol–water partition coefficient (Wildman–Crippen LogP) is 4.77. The molecule has 1 aromatic heterocycles. The van der Waals surface area contributed by atoms with Gasteiger partial charge in [-0.2, -0.15) is 0 Å². The van der Waals surface area contributed by atoms with E-state index in [4.69, 9.17) is 9.47 Å². The Kier molecular flexibility index (Phi) is 6.56. The number of hydrogen-bond acceptors (Lipinski definition) is 6. The topological polar surface area (TPSA) is 70.4 Å². The largest absolute Gasteiger partial charge is 0.497 e. The molecule has 0 spiro atoms. The van der Waals surface area contributed by atoms with Crippen LogP contribution in [0.5, 0.6) is 11.5 Å². The van der Waals surface area contributed by atoms with Crippen molar-refractivity contribution in [3.8, 4) is 17.2 Å². The highest BCUT2D eigenvalue weighted by atomic mass is 32.2. The van der Waals surface area contributed by atoms with Gasteiger partial charge in [-0.3, -0.25) is 14.2 Å². The van der Waals surface area contributed by atoms with Crippen LogP contribution < -0.4 is 15.0 Å². The fraction of sp³-hybridized carbons (Fsp3) is 0.160. The molecule has 4 rings (SSSR count). The Hall–Kier alpha value is -3.58. The van der Waals surface area contributed by atoms with Crippen molar-refractivity contribution in [3.63, 3.8) is 0 Å². The number of aromatic nitrogens is 2. The standard InChI is InChI=1S/C25H22N2O4S/c1-3-31-20-12-8-17(9-13-20)23(28)16-32-25-26-22-7-5-4-6-21(22)24(29)27(25)18-10-14-19(30-2)15-11-18/h4-15H,3,16H2,1-2H3. The van der Waals surface area contributed by atoms with Crippen molar-refractivity contribution in [3.05, 3.63) is 88.7 Å². The second-order valence-corrected chi connectivity index (χ2v) is 7.86. The van der Waals surface area contributed by atoms with Gasteiger partial charge in [0.2, 0.25) is 0 Å². The maximum atomic E-state index is 13.3. The third kappa shape index (κ3) is 4.53. The molecule has 0 saturated heterocycles. The number of hydrogen-bond donors (Lipinski definition) is 0. The number of thioether (sulfide) groups is 1. The summed E-state index contributed by atoms with van der Waals surface area (Å²) in [6.45, 7) is 2.48. The lowest BCUT2D eigenvalue weighted by atomic mass is 10.1. The summed E-state index contributed by atoms with van der Waals surface area (Å²) in [6, 6.07) is 21.4. The summed E-state index contributed by atoms with van der Waals surface area (Å²) in [5.41, 5.74) is 1.65. The molecule has 0 unspecified atom stereocenters. The number of ketones is 1. The highest BCUT2D eigenvalue weighted by Gasteiger charge is 2.15. The van der Waals surface area contributed by atoms with Crippen molar-refractivity contribution in [1.29, 1.82) is 0 Å². The van der Waals surface area contributed by atoms with Gasteiger partial charge < -0.3 is 9.47 Å². The molecule has 0 aliphatic carbocycles. The molecular formula is C25H22N2O4S. The number of methoxy groups -OCH3 is 1. The third-order valence-electron chi connectivity index (χ3n) is 4.90. The minimum absolute atomic E-state index is 0.0539. The first-order valence-electron chi connectivity index (χ1n) is 10.2. The minimum atomic E-state index is -0.184. The Morgan fingerprint density at radius 2 is 1.66 bits per heavy atom. The van der Waals surface area contributed by atoms with Crippen LogP contribution in [0.1, 0.15) is 17.3 Å². The first-order valence-corrected chi connectivity index (χ1v) is 11.1. The quantitative estimate of drug-likeness (QED) is 0.221. The van der Waals surface area contributed by atoms with Crippen LogP contribution in [0, 0.1) is 0 Å². The first kappa shape index (κ1) is 21.6. The Morgan fingerprint density at radius 3 is 2.34 bits per heavy atom. The second kappa shape index (κ2) is 9.70. The van der Waals surface area contributed by atoms with E-state index in [1.165, 1.54) is 16.3 Å². The van der Waals surface area contributed by atoms with E-state index in [9.17, 15) is 9.59 Å². The molecule has 6 nitrogen and oxygen atoms in total. The number of carbonyl (C=O) groups excluding carboxylic acids is 1. The van der Waals surface area contributed by atoms with Crippen LogP contribution in [0.3, 0.4) is 0 Å². The number of benzene rings is 3. The van der Waals surface area contributed by atoms with Crippen molar-refractivity contribution in [2.24, 2.45) is 0 Å². The van der Waals surface area contributed by atoms with Gasteiger partial charge in [-0.05, 0) is 67.6 Å². The van der Waals surface area contributed by atoms with E-state index in [0.717, 1.165) is 5.75 Å². The van der Waals surface area contributed by atoms with Crippen LogP contribution in [-0.4, -0.2) is 34.8 Å². The molecule has 7 heteroatoms. The Labute approximate surface area is 189 Å². The zero-order chi connectivity index (χ0) is 22.5. The fourth-order valence-corrected chi connectivity index (χ4v) is 4.19. The molecule has 0 bridgehead atoms. The molecule has 0 atom stereocenters. The van der Waals surface area contributed by atoms with E-state index in [1.54, 1.807) is 67.8 Å². The molecule has 0 amide bonds. The second-order valence-electron chi connectivity index (χ2n) is 6.92. The van der Waals surface area contributed by atoms with E-state index < -0.39 is 0 Å². The van der Waals surface area contributed by atoms with Crippen LogP contribution in [0.25, 0.3) is 16.6 Å². The van der Waals surface area contributed by atoms with Crippen molar-refractivity contribution in [2.75, 3.05) is 19.5 Å². The number of nitrogens with zero attached hydrogens (tertiary/aromatic N) is 2. The molecule has 4 aromatic rings. The molecule has 162 valence electrons. The van der Waals surface area contributed by atoms with Gasteiger partial charge in [0, 0.05) is 5.56 Å². The van der Waals surface area contributed by atoms with E-state index in [1.807, 2.05) is 19.1 Å². The molecule has 0 N–H and O–H groups in total. The summed E-state index contributed by atoms with van der Waals surface area (Å²) < 4.78 is 12.2. The molecule has 3 aromatic carbocycles. The predicted molar refractivity (Wildman–Crippen MR) is 127 cm³/mol. The summed E-state index contributed by atoms with van der Waals surface area (Å²) >= 11 is 1.24. The molecule has 1 heterocycles. The smallest absolute Gasteiger partial charge is 0.266 e. The normalized spacial score (nSPS) is 10.8. The van der Waals surface area contributed by atoms with E-state index in [-0.39, 0.29) is 17.1 Å². The lowest BCUT2D eigenvalue weighted by Crippen LogP contribution is -2.22. The zero-order valence-electron chi connectivity index (χ0n) is 17.8. The Morgan fingerprint density at radius 1 is 0.969 bits per heavy atom. The van der Waals surface area contributed by atoms with Gasteiger partial charge in [-0.15, -0.1) is 0 Å². The molecule has 0 aliphatic heterocycles. The van der Waals surface area contributed by atoms with Gasteiger partial charge in [0.1, 0.15) is 11.5 Å². The number of para-hydroxylation sites is 1. The van der Waals surface area contributed by atoms with Crippen molar-refractivity contribution < 1.29 is 14.3 Å². The summed E-state index contributed by atoms with van der Waals surface area (Å²) in [4.78, 5) is 30.8. The zero-order valence-corrected chi connectivity index (χ0v) is 18.6. The van der Waals surface area contributed by atoms with Crippen LogP contribution in [0.4, 0.5) is 0 Å². The van der Waals surface area contributed by atoms with Crippen molar-refractivity contribution in [1.82, 2.24) is 9.55 Å². The minimum Gasteiger partial charge on any atom is -0.497 e. The van der Waals surface area contributed by atoms with Gasteiger partial charge in [-0.25, -0.2) is 4.98 Å². The van der Waals surface area contributed by atoms with Crippen LogP contribution in [0.2, 0.25) is 0 Å². The number of rotatable bonds is 8. The number of ether oxygens (including phenoxy) is 2. The SMILES string of the molecule is CCOc1ccc(C(=O)CSc2nc3ccccc3c(=O)n2-c2ccc(OC)cc2)cc1. The van der Waals surface area contributed by atoms with E-state index in [0.29, 0.717) is 39.7 Å². The van der Waals surface area contributed by atoms with Gasteiger partial charge >= 0.3 is 0 Å². The Balaban J connectivity index is 1.67. The average Bonchev–Trinajstić information content (AvgIpc) is 2.83. The van der Waals surface area contributed by atoms with E-state index in [2.05, 4.69) is 4.98 Å². The van der Waals surface area contributed by atoms with Crippen LogP contribution >= 0.6 is 11.8 Å². The van der Waals surface area contributed by atoms with Gasteiger partial charge in [0.15, 0.2) is 10.9 Å². The fourth-order valence-electron chi connectivity index (χ4n) is 3.29. The van der Waals surface area contributed by atoms with Gasteiger partial charge in [0.05, 0.1) is 36.1 Å². The monoisotopic (exact) mass is 446 g/mol. The third-order valence-corrected chi connectivity index (χ3v) is 5.83. The summed E-state index contributed by atoms with van der Waals surface area (Å²) in [5, 5.41) is 0.976. The summed E-state index contributed by atoms with van der Waals surface area (Å²) in [7, 11) is 1.59. The first-order chi connectivity index (χ1) is 15.6. The van der Waals surface area contributed by atoms with Gasteiger partial charge in [-0.1, -0.05) is 23.9 Å². The molecular weight excluding hydrogens is 424 g/mol. The molecule has 32 heavy (non-hydrogen) atoms. The molecule has 0 fully saturated rings. The molecule has 0 saturated carbocycles. The maximum absolute atomic E-state index is 13.3. The maximum Gasteiger partial charge on any atom is 0.266 e. The summed E-state index contributed by atoms with van der Waals surface area (Å²) in [5.74, 6) is 1.51. The van der Waals surface area contributed by atoms with Crippen LogP contribution in [0.15, 0.2) is 82.7 Å². The number of Topliss-reactive ketones (excluding diaryl/α,β-unsaturated/α-hetero) is 1. The Bertz CT molecular complexity index is 1300. The summed E-state index contributed by atoms with van der Waals surface area (Å²) in [6.07, 6.45) is 0. The van der Waals surface area contributed by atoms with Crippen molar-refractivity contribution in [2.45, 2.75) is 12.1 Å². The average molecular weight is 447 g/mol. The molecule has 0 aliphatic rings. The lowest BCUT2D eigenvalue weighted by molar-refractivity contribution is 0.102. The lowest BCUT2D eigenvalue weighted by Gasteiger charge is -2.13. The highest BCUT2D eigenvalue weighted by molar-refractivity contribution is 7.99. The number of carbonyl (C=O) groups is 1.